The molecule has 0 fully saturated rings. The summed E-state index contributed by atoms with van der Waals surface area (Å²) >= 11 is 0. The maximum Gasteiger partial charge on any atom is 0.234 e. The third kappa shape index (κ3) is 2.61. The van der Waals surface area contributed by atoms with Crippen LogP contribution >= 0.6 is 0 Å². The summed E-state index contributed by atoms with van der Waals surface area (Å²) in [6.07, 6.45) is 0.438. The van der Waals surface area contributed by atoms with Crippen molar-refractivity contribution in [3.63, 3.8) is 0 Å². The molecule has 132 valence electrons. The van der Waals surface area contributed by atoms with Crippen molar-refractivity contribution < 1.29 is 24.3 Å². The summed E-state index contributed by atoms with van der Waals surface area (Å²) < 4.78 is 0. The van der Waals surface area contributed by atoms with Crippen molar-refractivity contribution >= 4 is 23.1 Å². The Labute approximate surface area is 150 Å². The molecule has 0 amide bonds. The monoisotopic (exact) mass is 350 g/mol. The Bertz CT molecular complexity index is 951. The van der Waals surface area contributed by atoms with Gasteiger partial charge in [-0.15, -0.1) is 0 Å². The fourth-order valence-corrected chi connectivity index (χ4v) is 3.18. The van der Waals surface area contributed by atoms with Gasteiger partial charge in [-0.25, -0.2) is 0 Å². The molecular weight excluding hydrogens is 332 g/mol. The standard InChI is InChI=1S/C21H18O5/c1-3-21(26,4-2)20(25)12-9-10-15-16(11-12)19(24)18(23)14-8-6-5-7-13(14)17(15)22/h5-11,26H,3-4H2,1-2H3. The average Bonchev–Trinajstić information content (AvgIpc) is 2.77. The Hall–Kier alpha value is -2.92. The first-order valence-electron chi connectivity index (χ1n) is 8.48. The van der Waals surface area contributed by atoms with Crippen LogP contribution in [-0.4, -0.2) is 33.8 Å². The van der Waals surface area contributed by atoms with Crippen molar-refractivity contribution in [3.8, 4) is 0 Å². The number of hydrogen-bond acceptors (Lipinski definition) is 5. The lowest BCUT2D eigenvalue weighted by Crippen LogP contribution is -2.37. The largest absolute Gasteiger partial charge is 0.382 e. The number of rotatable bonds is 4. The summed E-state index contributed by atoms with van der Waals surface area (Å²) in [4.78, 5) is 50.6. The Balaban J connectivity index is 2.17. The number of ketones is 4. The molecule has 0 bridgehead atoms. The van der Waals surface area contributed by atoms with E-state index in [0.717, 1.165) is 0 Å². The number of Topliss-reactive ketones (excluding diaryl/α,β-unsaturated/α-hetero) is 3. The van der Waals surface area contributed by atoms with Crippen LogP contribution in [-0.2, 0) is 0 Å². The lowest BCUT2D eigenvalue weighted by Gasteiger charge is -2.23. The summed E-state index contributed by atoms with van der Waals surface area (Å²) in [5.74, 6) is -2.57. The van der Waals surface area contributed by atoms with Crippen molar-refractivity contribution in [1.82, 2.24) is 0 Å². The van der Waals surface area contributed by atoms with E-state index in [1.807, 2.05) is 0 Å². The normalized spacial score (nSPS) is 13.9. The van der Waals surface area contributed by atoms with Crippen molar-refractivity contribution in [2.45, 2.75) is 32.3 Å². The zero-order valence-electron chi connectivity index (χ0n) is 14.5. The van der Waals surface area contributed by atoms with Gasteiger partial charge in [0.05, 0.1) is 0 Å². The fourth-order valence-electron chi connectivity index (χ4n) is 3.18. The molecule has 1 N–H and O–H groups in total. The zero-order valence-corrected chi connectivity index (χ0v) is 14.5. The first-order valence-corrected chi connectivity index (χ1v) is 8.48. The van der Waals surface area contributed by atoms with Gasteiger partial charge in [0.15, 0.2) is 11.6 Å². The maximum atomic E-state index is 12.8. The minimum atomic E-state index is -1.54. The number of benzene rings is 2. The first-order chi connectivity index (χ1) is 12.3. The molecule has 0 aromatic heterocycles. The summed E-state index contributed by atoms with van der Waals surface area (Å²) in [6, 6.07) is 10.2. The molecule has 5 nitrogen and oxygen atoms in total. The number of carbonyl (C=O) groups excluding carboxylic acids is 4. The predicted molar refractivity (Wildman–Crippen MR) is 94.8 cm³/mol. The highest BCUT2D eigenvalue weighted by molar-refractivity contribution is 6.53. The molecule has 0 spiro atoms. The van der Waals surface area contributed by atoms with Crippen LogP contribution in [0.5, 0.6) is 0 Å². The van der Waals surface area contributed by atoms with Gasteiger partial charge >= 0.3 is 0 Å². The number of aliphatic hydroxyl groups is 1. The molecule has 0 unspecified atom stereocenters. The van der Waals surface area contributed by atoms with Crippen molar-refractivity contribution in [1.29, 1.82) is 0 Å². The highest BCUT2D eigenvalue weighted by Gasteiger charge is 2.36. The van der Waals surface area contributed by atoms with E-state index < -0.39 is 28.7 Å². The van der Waals surface area contributed by atoms with Crippen LogP contribution in [0.4, 0.5) is 0 Å². The molecule has 2 aromatic rings. The molecule has 0 heterocycles. The molecule has 2 aromatic carbocycles. The van der Waals surface area contributed by atoms with E-state index in [0.29, 0.717) is 0 Å². The molecule has 0 radical (unpaired) electrons. The number of carbonyl (C=O) groups is 4. The van der Waals surface area contributed by atoms with Gasteiger partial charge in [0.2, 0.25) is 11.6 Å². The minimum absolute atomic E-state index is 0.0604. The van der Waals surface area contributed by atoms with Gasteiger partial charge < -0.3 is 5.11 Å². The third-order valence-corrected chi connectivity index (χ3v) is 4.99. The van der Waals surface area contributed by atoms with Crippen LogP contribution in [0.3, 0.4) is 0 Å². The van der Waals surface area contributed by atoms with Crippen LogP contribution in [0.1, 0.15) is 73.7 Å². The molecule has 3 rings (SSSR count). The minimum Gasteiger partial charge on any atom is -0.382 e. The molecule has 26 heavy (non-hydrogen) atoms. The SMILES string of the molecule is CCC(O)(CC)C(=O)c1ccc2c(c1)C(=O)C(=O)c1ccccc1C2=O. The van der Waals surface area contributed by atoms with Crippen LogP contribution in [0.2, 0.25) is 0 Å². The van der Waals surface area contributed by atoms with Gasteiger partial charge in [-0.1, -0.05) is 44.2 Å². The van der Waals surface area contributed by atoms with E-state index in [1.165, 1.54) is 30.3 Å². The molecular formula is C21H18O5. The summed E-state index contributed by atoms with van der Waals surface area (Å²) in [5.41, 5.74) is -1.22. The second kappa shape index (κ2) is 6.42. The predicted octanol–water partition coefficient (Wildman–Crippen LogP) is 3.03. The van der Waals surface area contributed by atoms with E-state index in [2.05, 4.69) is 0 Å². The van der Waals surface area contributed by atoms with Gasteiger partial charge in [0.25, 0.3) is 0 Å². The van der Waals surface area contributed by atoms with E-state index in [9.17, 15) is 24.3 Å². The Morgan fingerprint density at radius 2 is 1.31 bits per heavy atom. The highest BCUT2D eigenvalue weighted by atomic mass is 16.3. The van der Waals surface area contributed by atoms with E-state index >= 15 is 0 Å². The lowest BCUT2D eigenvalue weighted by molar-refractivity contribution is 0.0277. The number of hydrogen-bond donors (Lipinski definition) is 1. The fraction of sp³-hybridized carbons (Fsp3) is 0.238. The molecule has 5 heteroatoms. The lowest BCUT2D eigenvalue weighted by atomic mass is 9.86. The van der Waals surface area contributed by atoms with E-state index in [4.69, 9.17) is 0 Å². The third-order valence-electron chi connectivity index (χ3n) is 4.99. The first kappa shape index (κ1) is 17.9. The van der Waals surface area contributed by atoms with E-state index in [1.54, 1.807) is 26.0 Å². The Kier molecular flexibility index (Phi) is 4.42. The second-order valence-electron chi connectivity index (χ2n) is 6.36. The van der Waals surface area contributed by atoms with Crippen LogP contribution in [0, 0.1) is 0 Å². The van der Waals surface area contributed by atoms with Gasteiger partial charge in [-0.3, -0.25) is 19.2 Å². The van der Waals surface area contributed by atoms with Crippen molar-refractivity contribution in [2.75, 3.05) is 0 Å². The average molecular weight is 350 g/mol. The van der Waals surface area contributed by atoms with E-state index in [-0.39, 0.29) is 40.7 Å². The molecule has 0 saturated carbocycles. The summed E-state index contributed by atoms with van der Waals surface area (Å²) in [5, 5.41) is 10.5. The summed E-state index contributed by atoms with van der Waals surface area (Å²) in [6.45, 7) is 3.39. The maximum absolute atomic E-state index is 12.8. The molecule has 1 aliphatic rings. The topological polar surface area (TPSA) is 88.5 Å². The van der Waals surface area contributed by atoms with Crippen molar-refractivity contribution in [3.05, 3.63) is 70.3 Å². The van der Waals surface area contributed by atoms with Crippen molar-refractivity contribution in [2.24, 2.45) is 0 Å². The smallest absolute Gasteiger partial charge is 0.234 e. The summed E-state index contributed by atoms with van der Waals surface area (Å²) in [7, 11) is 0. The Morgan fingerprint density at radius 1 is 0.808 bits per heavy atom. The molecule has 0 atom stereocenters. The highest BCUT2D eigenvalue weighted by Crippen LogP contribution is 2.28. The van der Waals surface area contributed by atoms with Gasteiger partial charge in [0, 0.05) is 27.8 Å². The van der Waals surface area contributed by atoms with Gasteiger partial charge in [-0.05, 0) is 25.0 Å². The van der Waals surface area contributed by atoms with Gasteiger partial charge in [-0.2, -0.15) is 0 Å². The van der Waals surface area contributed by atoms with Crippen LogP contribution in [0.25, 0.3) is 0 Å². The molecule has 0 saturated heterocycles. The molecule has 0 aliphatic heterocycles. The van der Waals surface area contributed by atoms with Crippen LogP contribution in [0.15, 0.2) is 42.5 Å². The number of fused-ring (bicyclic) bond motifs is 2. The quantitative estimate of drug-likeness (QED) is 0.676. The van der Waals surface area contributed by atoms with Gasteiger partial charge in [0.1, 0.15) is 5.60 Å². The van der Waals surface area contributed by atoms with Crippen LogP contribution < -0.4 is 0 Å². The second-order valence-corrected chi connectivity index (χ2v) is 6.36. The Morgan fingerprint density at radius 3 is 1.88 bits per heavy atom. The molecule has 1 aliphatic carbocycles. The zero-order chi connectivity index (χ0) is 19.1.